The minimum atomic E-state index is -0.506. The number of carbonyl (C=O) groups is 1. The van der Waals surface area contributed by atoms with Crippen LogP contribution in [0.3, 0.4) is 0 Å². The van der Waals surface area contributed by atoms with Crippen molar-refractivity contribution in [3.05, 3.63) is 82.6 Å². The molecular formula is C22H19ClFN5O. The highest BCUT2D eigenvalue weighted by atomic mass is 35.5. The summed E-state index contributed by atoms with van der Waals surface area (Å²) in [5.74, 6) is -0.582. The molecule has 2 aromatic carbocycles. The van der Waals surface area contributed by atoms with Gasteiger partial charge in [0.2, 0.25) is 5.91 Å². The number of amides is 1. The van der Waals surface area contributed by atoms with Crippen LogP contribution in [0.1, 0.15) is 22.9 Å². The van der Waals surface area contributed by atoms with E-state index in [0.717, 1.165) is 11.3 Å². The van der Waals surface area contributed by atoms with Crippen LogP contribution in [0.15, 0.2) is 55.0 Å². The molecular weight excluding hydrogens is 405 g/mol. The van der Waals surface area contributed by atoms with E-state index < -0.39 is 5.82 Å². The molecule has 1 aliphatic rings. The van der Waals surface area contributed by atoms with E-state index in [0.29, 0.717) is 30.8 Å². The molecule has 1 fully saturated rings. The van der Waals surface area contributed by atoms with E-state index in [2.05, 4.69) is 20.9 Å². The summed E-state index contributed by atoms with van der Waals surface area (Å²) in [7, 11) is 0. The maximum absolute atomic E-state index is 13.5. The third-order valence-electron chi connectivity index (χ3n) is 5.30. The van der Waals surface area contributed by atoms with Gasteiger partial charge in [-0.1, -0.05) is 23.7 Å². The number of aromatic amines is 1. The first-order valence-corrected chi connectivity index (χ1v) is 9.89. The van der Waals surface area contributed by atoms with Gasteiger partial charge in [-0.15, -0.1) is 0 Å². The molecule has 1 amide bonds. The molecule has 2 heterocycles. The highest BCUT2D eigenvalue weighted by Crippen LogP contribution is 2.28. The van der Waals surface area contributed by atoms with Gasteiger partial charge < -0.3 is 9.88 Å². The molecule has 0 aliphatic carbocycles. The topological polar surface area (TPSA) is 76.0 Å². The number of benzene rings is 2. The van der Waals surface area contributed by atoms with Crippen molar-refractivity contribution >= 4 is 23.2 Å². The summed E-state index contributed by atoms with van der Waals surface area (Å²) in [4.78, 5) is 23.9. The number of nitrogens with zero attached hydrogens (tertiary/aromatic N) is 4. The van der Waals surface area contributed by atoms with E-state index in [-0.39, 0.29) is 23.5 Å². The average Bonchev–Trinajstić information content (AvgIpc) is 3.29. The molecule has 0 radical (unpaired) electrons. The van der Waals surface area contributed by atoms with Crippen LogP contribution in [-0.2, 0) is 11.2 Å². The minimum absolute atomic E-state index is 0.00104. The maximum atomic E-state index is 13.5. The maximum Gasteiger partial charge on any atom is 0.241 e. The normalized spacial score (nSPS) is 15.8. The Morgan fingerprint density at radius 2 is 2.03 bits per heavy atom. The summed E-state index contributed by atoms with van der Waals surface area (Å²) >= 11 is 5.88. The lowest BCUT2D eigenvalue weighted by molar-refractivity contribution is -0.122. The van der Waals surface area contributed by atoms with Crippen LogP contribution in [0.5, 0.6) is 0 Å². The number of carbonyl (C=O) groups excluding carboxylic acids is 1. The monoisotopic (exact) mass is 423 g/mol. The van der Waals surface area contributed by atoms with Crippen LogP contribution in [0.4, 0.5) is 10.1 Å². The predicted octanol–water partition coefficient (Wildman–Crippen LogP) is 3.71. The molecule has 1 N–H and O–H groups in total. The molecule has 0 bridgehead atoms. The van der Waals surface area contributed by atoms with Crippen molar-refractivity contribution in [2.24, 2.45) is 0 Å². The Balaban J connectivity index is 1.53. The molecule has 0 spiro atoms. The van der Waals surface area contributed by atoms with Crippen LogP contribution < -0.4 is 4.90 Å². The first-order chi connectivity index (χ1) is 14.5. The standard InChI is InChI=1S/C22H19ClFN5O/c23-18-10-17(5-6-19(18)24)29-8-7-28(13-22(29)30)21(20-12-26-14-27-20)9-15-1-3-16(11-25)4-2-15/h1-6,10,12,14,21H,7-9,13H2,(H,26,27). The van der Waals surface area contributed by atoms with Gasteiger partial charge in [-0.25, -0.2) is 9.37 Å². The number of hydrogen-bond donors (Lipinski definition) is 1. The van der Waals surface area contributed by atoms with Crippen molar-refractivity contribution in [3.63, 3.8) is 0 Å². The van der Waals surface area contributed by atoms with Gasteiger partial charge in [0.1, 0.15) is 5.82 Å². The van der Waals surface area contributed by atoms with Crippen LogP contribution in [-0.4, -0.2) is 40.4 Å². The van der Waals surface area contributed by atoms with E-state index in [1.165, 1.54) is 12.1 Å². The second-order valence-electron chi connectivity index (χ2n) is 7.15. The van der Waals surface area contributed by atoms with Gasteiger partial charge in [0.15, 0.2) is 0 Å². The van der Waals surface area contributed by atoms with Gasteiger partial charge in [-0.05, 0) is 42.3 Å². The minimum Gasteiger partial charge on any atom is -0.347 e. The lowest BCUT2D eigenvalue weighted by Crippen LogP contribution is -2.51. The Morgan fingerprint density at radius 3 is 2.67 bits per heavy atom. The smallest absolute Gasteiger partial charge is 0.241 e. The second-order valence-corrected chi connectivity index (χ2v) is 7.56. The SMILES string of the molecule is N#Cc1ccc(CC(c2cnc[nH]2)N2CCN(c3ccc(F)c(Cl)c3)C(=O)C2)cc1. The highest BCUT2D eigenvalue weighted by Gasteiger charge is 2.31. The summed E-state index contributed by atoms with van der Waals surface area (Å²) in [5, 5.41) is 9.00. The van der Waals surface area contributed by atoms with Crippen molar-refractivity contribution in [1.29, 1.82) is 5.26 Å². The zero-order valence-corrected chi connectivity index (χ0v) is 16.8. The van der Waals surface area contributed by atoms with E-state index in [9.17, 15) is 9.18 Å². The third-order valence-corrected chi connectivity index (χ3v) is 5.59. The number of aromatic nitrogens is 2. The fourth-order valence-corrected chi connectivity index (χ4v) is 3.88. The summed E-state index contributed by atoms with van der Waals surface area (Å²) in [6.45, 7) is 1.33. The Kier molecular flexibility index (Phi) is 5.79. The largest absolute Gasteiger partial charge is 0.347 e. The molecule has 1 aromatic heterocycles. The average molecular weight is 424 g/mol. The Labute approximate surface area is 178 Å². The molecule has 1 saturated heterocycles. The zero-order chi connectivity index (χ0) is 21.1. The number of piperazine rings is 1. The molecule has 4 rings (SSSR count). The number of nitriles is 1. The van der Waals surface area contributed by atoms with Crippen molar-refractivity contribution in [3.8, 4) is 6.07 Å². The first-order valence-electron chi connectivity index (χ1n) is 9.52. The molecule has 30 heavy (non-hydrogen) atoms. The van der Waals surface area contributed by atoms with Crippen LogP contribution >= 0.6 is 11.6 Å². The van der Waals surface area contributed by atoms with Crippen LogP contribution in [0.2, 0.25) is 5.02 Å². The lowest BCUT2D eigenvalue weighted by atomic mass is 10.00. The molecule has 6 nitrogen and oxygen atoms in total. The Morgan fingerprint density at radius 1 is 1.23 bits per heavy atom. The number of imidazole rings is 1. The Hall–Kier alpha value is -3.21. The number of H-pyrrole nitrogens is 1. The molecule has 3 aromatic rings. The summed E-state index contributed by atoms with van der Waals surface area (Å²) in [6, 6.07) is 13.8. The summed E-state index contributed by atoms with van der Waals surface area (Å²) in [5.41, 5.74) is 3.19. The Bertz CT molecular complexity index is 1080. The van der Waals surface area contributed by atoms with Gasteiger partial charge >= 0.3 is 0 Å². The molecule has 152 valence electrons. The molecule has 0 saturated carbocycles. The quantitative estimate of drug-likeness (QED) is 0.678. The lowest BCUT2D eigenvalue weighted by Gasteiger charge is -2.38. The third kappa shape index (κ3) is 4.20. The van der Waals surface area contributed by atoms with Gasteiger partial charge in [-0.2, -0.15) is 5.26 Å². The predicted molar refractivity (Wildman–Crippen MR) is 112 cm³/mol. The fourth-order valence-electron chi connectivity index (χ4n) is 3.71. The number of halogens is 2. The summed E-state index contributed by atoms with van der Waals surface area (Å²) < 4.78 is 13.5. The number of anilines is 1. The van der Waals surface area contributed by atoms with Gasteiger partial charge in [-0.3, -0.25) is 9.69 Å². The first kappa shape index (κ1) is 20.1. The van der Waals surface area contributed by atoms with E-state index in [1.807, 2.05) is 12.1 Å². The van der Waals surface area contributed by atoms with Gasteiger partial charge in [0.05, 0.1) is 41.3 Å². The van der Waals surface area contributed by atoms with Crippen LogP contribution in [0.25, 0.3) is 0 Å². The molecule has 1 aliphatic heterocycles. The zero-order valence-electron chi connectivity index (χ0n) is 16.1. The van der Waals surface area contributed by atoms with Crippen molar-refractivity contribution in [2.45, 2.75) is 12.5 Å². The molecule has 1 atom stereocenters. The molecule has 1 unspecified atom stereocenters. The highest BCUT2D eigenvalue weighted by molar-refractivity contribution is 6.31. The van der Waals surface area contributed by atoms with E-state index in [4.69, 9.17) is 16.9 Å². The van der Waals surface area contributed by atoms with Crippen molar-refractivity contribution < 1.29 is 9.18 Å². The van der Waals surface area contributed by atoms with Crippen molar-refractivity contribution in [2.75, 3.05) is 24.5 Å². The van der Waals surface area contributed by atoms with Crippen LogP contribution in [0, 0.1) is 17.1 Å². The molecule has 8 heteroatoms. The van der Waals surface area contributed by atoms with Gasteiger partial charge in [0, 0.05) is 25.0 Å². The second kappa shape index (κ2) is 8.66. The summed E-state index contributed by atoms with van der Waals surface area (Å²) in [6.07, 6.45) is 4.06. The van der Waals surface area contributed by atoms with E-state index >= 15 is 0 Å². The number of hydrogen-bond acceptors (Lipinski definition) is 4. The fraction of sp³-hybridized carbons (Fsp3) is 0.227. The van der Waals surface area contributed by atoms with Crippen molar-refractivity contribution in [1.82, 2.24) is 14.9 Å². The number of nitrogens with one attached hydrogen (secondary N) is 1. The van der Waals surface area contributed by atoms with Gasteiger partial charge in [0.25, 0.3) is 0 Å². The number of rotatable bonds is 5. The van der Waals surface area contributed by atoms with E-state index in [1.54, 1.807) is 35.6 Å².